The Bertz CT molecular complexity index is 941. The lowest BCUT2D eigenvalue weighted by Gasteiger charge is -2.34. The molecule has 0 radical (unpaired) electrons. The molecule has 3 heterocycles. The van der Waals surface area contributed by atoms with Gasteiger partial charge in [-0.3, -0.25) is 9.69 Å². The van der Waals surface area contributed by atoms with Gasteiger partial charge in [-0.25, -0.2) is 0 Å². The molecule has 2 aromatic heterocycles. The molecular weight excluding hydrogens is 360 g/mol. The molecule has 0 atom stereocenters. The van der Waals surface area contributed by atoms with Crippen molar-refractivity contribution in [2.45, 2.75) is 13.8 Å². The number of hydrogen-bond donors (Lipinski definition) is 1. The molecule has 28 heavy (non-hydrogen) atoms. The molecule has 1 saturated heterocycles. The SMILES string of the molecule is Cc1ccc(-n2nnnc2N2CCN(CC(=O)Nc3cc(C)on3)CC2)cc1. The Morgan fingerprint density at radius 2 is 1.89 bits per heavy atom. The lowest BCUT2D eigenvalue weighted by molar-refractivity contribution is -0.117. The summed E-state index contributed by atoms with van der Waals surface area (Å²) in [7, 11) is 0. The number of carbonyl (C=O) groups is 1. The summed E-state index contributed by atoms with van der Waals surface area (Å²) in [5, 5.41) is 18.7. The number of nitrogens with one attached hydrogen (secondary N) is 1. The van der Waals surface area contributed by atoms with Crippen LogP contribution in [0.25, 0.3) is 5.69 Å². The molecule has 0 unspecified atom stereocenters. The molecule has 0 aliphatic carbocycles. The van der Waals surface area contributed by atoms with Crippen molar-refractivity contribution in [1.29, 1.82) is 0 Å². The fraction of sp³-hybridized carbons (Fsp3) is 0.389. The minimum atomic E-state index is -0.105. The summed E-state index contributed by atoms with van der Waals surface area (Å²) in [6.07, 6.45) is 0. The first-order valence-corrected chi connectivity index (χ1v) is 9.14. The van der Waals surface area contributed by atoms with E-state index in [4.69, 9.17) is 4.52 Å². The highest BCUT2D eigenvalue weighted by Crippen LogP contribution is 2.17. The highest BCUT2D eigenvalue weighted by molar-refractivity contribution is 5.91. The first-order chi connectivity index (χ1) is 13.6. The average Bonchev–Trinajstić information content (AvgIpc) is 3.32. The standard InChI is InChI=1S/C18H22N8O2/c1-13-3-5-15(6-4-13)26-18(20-22-23-26)25-9-7-24(8-10-25)12-17(27)19-16-11-14(2)28-21-16/h3-6,11H,7-10,12H2,1-2H3,(H,19,21,27). The van der Waals surface area contributed by atoms with Crippen LogP contribution in [0, 0.1) is 13.8 Å². The monoisotopic (exact) mass is 382 g/mol. The molecule has 1 fully saturated rings. The lowest BCUT2D eigenvalue weighted by Crippen LogP contribution is -2.49. The van der Waals surface area contributed by atoms with Crippen molar-refractivity contribution >= 4 is 17.7 Å². The lowest BCUT2D eigenvalue weighted by atomic mass is 10.2. The maximum atomic E-state index is 12.2. The molecule has 10 heteroatoms. The summed E-state index contributed by atoms with van der Waals surface area (Å²) >= 11 is 0. The third kappa shape index (κ3) is 4.01. The second-order valence-corrected chi connectivity index (χ2v) is 6.86. The van der Waals surface area contributed by atoms with Gasteiger partial charge in [0.1, 0.15) is 5.76 Å². The van der Waals surface area contributed by atoms with E-state index in [1.54, 1.807) is 17.7 Å². The zero-order valence-corrected chi connectivity index (χ0v) is 15.9. The Balaban J connectivity index is 1.34. The van der Waals surface area contributed by atoms with Gasteiger partial charge < -0.3 is 14.7 Å². The van der Waals surface area contributed by atoms with Crippen LogP contribution in [0.15, 0.2) is 34.9 Å². The predicted octanol–water partition coefficient (Wildman–Crippen LogP) is 1.03. The normalized spacial score (nSPS) is 15.0. The van der Waals surface area contributed by atoms with E-state index >= 15 is 0 Å². The Morgan fingerprint density at radius 3 is 2.57 bits per heavy atom. The van der Waals surface area contributed by atoms with E-state index in [0.717, 1.165) is 31.9 Å². The maximum Gasteiger partial charge on any atom is 0.250 e. The first kappa shape index (κ1) is 18.1. The zero-order valence-electron chi connectivity index (χ0n) is 15.9. The molecule has 1 N–H and O–H groups in total. The van der Waals surface area contributed by atoms with E-state index in [1.165, 1.54) is 5.56 Å². The van der Waals surface area contributed by atoms with Gasteiger partial charge in [-0.2, -0.15) is 4.68 Å². The van der Waals surface area contributed by atoms with Crippen molar-refractivity contribution in [2.24, 2.45) is 0 Å². The van der Waals surface area contributed by atoms with E-state index in [1.807, 2.05) is 31.2 Å². The minimum Gasteiger partial charge on any atom is -0.360 e. The molecule has 1 aliphatic rings. The molecule has 146 valence electrons. The van der Waals surface area contributed by atoms with Gasteiger partial charge in [0.15, 0.2) is 5.82 Å². The zero-order chi connectivity index (χ0) is 19.5. The molecule has 0 bridgehead atoms. The summed E-state index contributed by atoms with van der Waals surface area (Å²) in [5.41, 5.74) is 2.11. The Labute approximate surface area is 162 Å². The number of anilines is 2. The van der Waals surface area contributed by atoms with Gasteiger partial charge in [0.05, 0.1) is 12.2 Å². The number of aryl methyl sites for hydroxylation is 2. The molecule has 1 aliphatic heterocycles. The summed E-state index contributed by atoms with van der Waals surface area (Å²) in [6.45, 7) is 7.10. The largest absolute Gasteiger partial charge is 0.360 e. The van der Waals surface area contributed by atoms with Gasteiger partial charge in [-0.15, -0.1) is 0 Å². The van der Waals surface area contributed by atoms with Crippen LogP contribution in [0.3, 0.4) is 0 Å². The Hall–Kier alpha value is -3.27. The molecule has 10 nitrogen and oxygen atoms in total. The van der Waals surface area contributed by atoms with Gasteiger partial charge in [-0.1, -0.05) is 28.0 Å². The quantitative estimate of drug-likeness (QED) is 0.698. The number of nitrogens with zero attached hydrogens (tertiary/aromatic N) is 7. The number of carbonyl (C=O) groups excluding carboxylic acids is 1. The molecule has 3 aromatic rings. The van der Waals surface area contributed by atoms with E-state index in [-0.39, 0.29) is 5.91 Å². The number of rotatable bonds is 5. The van der Waals surface area contributed by atoms with Gasteiger partial charge in [0.2, 0.25) is 11.9 Å². The van der Waals surface area contributed by atoms with E-state index in [9.17, 15) is 4.79 Å². The van der Waals surface area contributed by atoms with E-state index < -0.39 is 0 Å². The van der Waals surface area contributed by atoms with Crippen molar-refractivity contribution < 1.29 is 9.32 Å². The number of piperazine rings is 1. The second-order valence-electron chi connectivity index (χ2n) is 6.86. The van der Waals surface area contributed by atoms with Crippen molar-refractivity contribution in [2.75, 3.05) is 42.9 Å². The third-order valence-corrected chi connectivity index (χ3v) is 4.65. The van der Waals surface area contributed by atoms with Crippen molar-refractivity contribution in [1.82, 2.24) is 30.3 Å². The van der Waals surface area contributed by atoms with Gasteiger partial charge in [0.25, 0.3) is 0 Å². The van der Waals surface area contributed by atoms with Crippen LogP contribution in [0.4, 0.5) is 11.8 Å². The highest BCUT2D eigenvalue weighted by Gasteiger charge is 2.23. The fourth-order valence-corrected chi connectivity index (χ4v) is 3.15. The number of aromatic nitrogens is 5. The molecule has 0 spiro atoms. The molecule has 1 aromatic carbocycles. The smallest absolute Gasteiger partial charge is 0.250 e. The summed E-state index contributed by atoms with van der Waals surface area (Å²) < 4.78 is 6.70. The van der Waals surface area contributed by atoms with Crippen molar-refractivity contribution in [3.05, 3.63) is 41.7 Å². The third-order valence-electron chi connectivity index (χ3n) is 4.65. The van der Waals surface area contributed by atoms with E-state index in [2.05, 4.69) is 35.8 Å². The number of tetrazole rings is 1. The van der Waals surface area contributed by atoms with Crippen LogP contribution < -0.4 is 10.2 Å². The summed E-state index contributed by atoms with van der Waals surface area (Å²) in [4.78, 5) is 16.4. The molecular formula is C18H22N8O2. The number of hydrogen-bond acceptors (Lipinski definition) is 8. The van der Waals surface area contributed by atoms with Crippen LogP contribution in [-0.2, 0) is 4.79 Å². The van der Waals surface area contributed by atoms with Crippen LogP contribution >= 0.6 is 0 Å². The van der Waals surface area contributed by atoms with E-state index in [0.29, 0.717) is 24.1 Å². The highest BCUT2D eigenvalue weighted by atomic mass is 16.5. The fourth-order valence-electron chi connectivity index (χ4n) is 3.15. The predicted molar refractivity (Wildman–Crippen MR) is 102 cm³/mol. The average molecular weight is 382 g/mol. The van der Waals surface area contributed by atoms with Crippen molar-refractivity contribution in [3.8, 4) is 5.69 Å². The Morgan fingerprint density at radius 1 is 1.14 bits per heavy atom. The van der Waals surface area contributed by atoms with Crippen LogP contribution in [0.1, 0.15) is 11.3 Å². The topological polar surface area (TPSA) is 105 Å². The van der Waals surface area contributed by atoms with Crippen molar-refractivity contribution in [3.63, 3.8) is 0 Å². The molecule has 1 amide bonds. The van der Waals surface area contributed by atoms with Gasteiger partial charge >= 0.3 is 0 Å². The first-order valence-electron chi connectivity index (χ1n) is 9.14. The Kier molecular flexibility index (Phi) is 5.02. The number of amides is 1. The summed E-state index contributed by atoms with van der Waals surface area (Å²) in [6, 6.07) is 9.77. The van der Waals surface area contributed by atoms with Crippen LogP contribution in [0.5, 0.6) is 0 Å². The summed E-state index contributed by atoms with van der Waals surface area (Å²) in [5.74, 6) is 1.71. The minimum absolute atomic E-state index is 0.105. The van der Waals surface area contributed by atoms with Crippen LogP contribution in [-0.4, -0.2) is 68.9 Å². The van der Waals surface area contributed by atoms with Crippen LogP contribution in [0.2, 0.25) is 0 Å². The second kappa shape index (κ2) is 7.77. The molecule has 4 rings (SSSR count). The van der Waals surface area contributed by atoms with Gasteiger partial charge in [0, 0.05) is 32.2 Å². The molecule has 0 saturated carbocycles. The number of benzene rings is 1. The maximum absolute atomic E-state index is 12.2. The van der Waals surface area contributed by atoms with Gasteiger partial charge in [-0.05, 0) is 36.4 Å².